The molecule has 2 amide bonds. The predicted molar refractivity (Wildman–Crippen MR) is 152 cm³/mol. The van der Waals surface area contributed by atoms with E-state index in [1.807, 2.05) is 67.0 Å². The number of primary amides is 1. The maximum Gasteiger partial charge on any atom is 0.314 e. The zero-order valence-corrected chi connectivity index (χ0v) is 22.9. The van der Waals surface area contributed by atoms with E-state index >= 15 is 0 Å². The van der Waals surface area contributed by atoms with E-state index < -0.39 is 0 Å². The highest BCUT2D eigenvalue weighted by Crippen LogP contribution is 2.36. The number of aromatic nitrogens is 2. The van der Waals surface area contributed by atoms with Gasteiger partial charge in [0.25, 0.3) is 0 Å². The maximum absolute atomic E-state index is 11.4. The Hall–Kier alpha value is -2.83. The van der Waals surface area contributed by atoms with Crippen LogP contribution in [0.2, 0.25) is 0 Å². The fourth-order valence-electron chi connectivity index (χ4n) is 3.80. The summed E-state index contributed by atoms with van der Waals surface area (Å²) in [6.45, 7) is 1.32. The van der Waals surface area contributed by atoms with Crippen molar-refractivity contribution in [1.82, 2.24) is 24.7 Å². The molecule has 0 saturated carbocycles. The maximum atomic E-state index is 11.4. The van der Waals surface area contributed by atoms with Crippen molar-refractivity contribution in [3.63, 3.8) is 0 Å². The molecule has 9 nitrogen and oxygen atoms in total. The molecule has 0 aliphatic carbocycles. The summed E-state index contributed by atoms with van der Waals surface area (Å²) in [6.07, 6.45) is 7.30. The average molecular weight is 581 g/mol. The largest absolute Gasteiger partial charge is 0.453 e. The van der Waals surface area contributed by atoms with E-state index in [4.69, 9.17) is 10.5 Å². The summed E-state index contributed by atoms with van der Waals surface area (Å²) in [7, 11) is 0. The fraction of sp³-hybridized carbons (Fsp3) is 0.208. The van der Waals surface area contributed by atoms with Crippen LogP contribution in [0.1, 0.15) is 12.8 Å². The second kappa shape index (κ2) is 13.6. The number of halogens is 2. The highest BCUT2D eigenvalue weighted by molar-refractivity contribution is 8.01. The van der Waals surface area contributed by atoms with Crippen molar-refractivity contribution in [2.45, 2.75) is 28.8 Å². The van der Waals surface area contributed by atoms with Crippen LogP contribution in [0, 0.1) is 0 Å². The Morgan fingerprint density at radius 2 is 1.86 bits per heavy atom. The van der Waals surface area contributed by atoms with Crippen molar-refractivity contribution >= 4 is 60.4 Å². The van der Waals surface area contributed by atoms with Crippen molar-refractivity contribution in [3.8, 4) is 11.5 Å². The number of carbonyl (C=O) groups is 1. The number of nitrogens with zero attached hydrogens (tertiary/aromatic N) is 4. The zero-order chi connectivity index (χ0) is 24.0. The van der Waals surface area contributed by atoms with Gasteiger partial charge in [0.1, 0.15) is 15.8 Å². The van der Waals surface area contributed by atoms with E-state index in [1.165, 1.54) is 23.7 Å². The number of rotatable bonds is 7. The Morgan fingerprint density at radius 3 is 2.57 bits per heavy atom. The van der Waals surface area contributed by atoms with Gasteiger partial charge in [-0.15, -0.1) is 24.8 Å². The van der Waals surface area contributed by atoms with Crippen LogP contribution in [0.4, 0.5) is 10.6 Å². The number of para-hydroxylation sites is 1. The SMILES string of the molecule is Cl.Cl.NC(=O)N1CCC(N2C=C(Nc3ncc(Sc4ccccn4)cc3Oc3ccccc3)SN2)CC1. The predicted octanol–water partition coefficient (Wildman–Crippen LogP) is 5.49. The number of ether oxygens (including phenoxy) is 1. The van der Waals surface area contributed by atoms with Gasteiger partial charge in [0, 0.05) is 48.7 Å². The van der Waals surface area contributed by atoms with Crippen LogP contribution in [0.25, 0.3) is 0 Å². The number of benzene rings is 1. The van der Waals surface area contributed by atoms with E-state index in [0.29, 0.717) is 24.7 Å². The second-order valence-corrected chi connectivity index (χ2v) is 9.90. The van der Waals surface area contributed by atoms with Crippen molar-refractivity contribution in [3.05, 3.63) is 78.2 Å². The molecule has 5 rings (SSSR count). The number of hydrogen-bond donors (Lipinski definition) is 3. The van der Waals surface area contributed by atoms with E-state index in [-0.39, 0.29) is 36.9 Å². The third-order valence-electron chi connectivity index (χ3n) is 5.59. The van der Waals surface area contributed by atoms with Gasteiger partial charge in [-0.05, 0) is 49.1 Å². The molecular weight excluding hydrogens is 553 g/mol. The molecule has 37 heavy (non-hydrogen) atoms. The van der Waals surface area contributed by atoms with Gasteiger partial charge in [0.05, 0.1) is 0 Å². The smallest absolute Gasteiger partial charge is 0.314 e. The molecule has 4 heterocycles. The Kier molecular flexibility index (Phi) is 10.6. The monoisotopic (exact) mass is 579 g/mol. The van der Waals surface area contributed by atoms with E-state index in [2.05, 4.69) is 25.1 Å². The topological polar surface area (TPSA) is 109 Å². The summed E-state index contributed by atoms with van der Waals surface area (Å²) in [4.78, 5) is 26.4. The first-order valence-corrected chi connectivity index (χ1v) is 12.8. The lowest BCUT2D eigenvalue weighted by Gasteiger charge is -2.35. The van der Waals surface area contributed by atoms with E-state index in [1.54, 1.807) is 11.1 Å². The van der Waals surface area contributed by atoms with Gasteiger partial charge in [-0.25, -0.2) is 14.8 Å². The minimum atomic E-state index is -0.355. The number of likely N-dealkylation sites (tertiary alicyclic amines) is 1. The third kappa shape index (κ3) is 7.59. The van der Waals surface area contributed by atoms with Crippen molar-refractivity contribution in [2.24, 2.45) is 5.73 Å². The minimum Gasteiger partial charge on any atom is -0.453 e. The molecule has 196 valence electrons. The summed E-state index contributed by atoms with van der Waals surface area (Å²) in [5.74, 6) is 1.96. The Bertz CT molecular complexity index is 1200. The fourth-order valence-corrected chi connectivity index (χ4v) is 5.29. The molecular formula is C24H27Cl2N7O2S2. The van der Waals surface area contributed by atoms with Gasteiger partial charge in [-0.2, -0.15) is 4.83 Å². The number of amides is 2. The molecule has 0 atom stereocenters. The average Bonchev–Trinajstić information content (AvgIpc) is 3.35. The standard InChI is InChI=1S/C24H25N7O2S2.2ClH/c25-24(32)30-12-9-17(10-13-30)31-16-22(35-29-31)28-23-20(33-18-6-2-1-3-7-18)14-19(15-27-23)34-21-8-4-5-11-26-21;;/h1-8,11,14-17,29H,9-10,12-13H2,(H2,25,32)(H,27,28);2*1H. The van der Waals surface area contributed by atoms with Gasteiger partial charge >= 0.3 is 6.03 Å². The lowest BCUT2D eigenvalue weighted by molar-refractivity contribution is 0.144. The first kappa shape index (κ1) is 28.7. The first-order chi connectivity index (χ1) is 17.1. The molecule has 0 radical (unpaired) electrons. The van der Waals surface area contributed by atoms with Crippen LogP contribution >= 0.6 is 48.5 Å². The Morgan fingerprint density at radius 1 is 1.11 bits per heavy atom. The molecule has 13 heteroatoms. The number of hydrazine groups is 1. The highest BCUT2D eigenvalue weighted by Gasteiger charge is 2.28. The molecule has 0 unspecified atom stereocenters. The van der Waals surface area contributed by atoms with E-state index in [0.717, 1.165) is 33.5 Å². The van der Waals surface area contributed by atoms with Crippen molar-refractivity contribution < 1.29 is 9.53 Å². The van der Waals surface area contributed by atoms with Gasteiger partial charge < -0.3 is 20.7 Å². The van der Waals surface area contributed by atoms with Crippen LogP contribution in [-0.4, -0.2) is 45.0 Å². The number of carbonyl (C=O) groups excluding carboxylic acids is 1. The van der Waals surface area contributed by atoms with Crippen LogP contribution in [-0.2, 0) is 0 Å². The quantitative estimate of drug-likeness (QED) is 0.313. The summed E-state index contributed by atoms with van der Waals surface area (Å²) in [5.41, 5.74) is 5.41. The lowest BCUT2D eigenvalue weighted by atomic mass is 10.1. The number of urea groups is 1. The number of hydrogen-bond acceptors (Lipinski definition) is 9. The number of pyridine rings is 2. The van der Waals surface area contributed by atoms with E-state index in [9.17, 15) is 4.79 Å². The number of nitrogens with two attached hydrogens (primary N) is 1. The number of piperidine rings is 1. The first-order valence-electron chi connectivity index (χ1n) is 11.2. The number of anilines is 1. The van der Waals surface area contributed by atoms with Gasteiger partial charge in [0.15, 0.2) is 11.6 Å². The van der Waals surface area contributed by atoms with Crippen molar-refractivity contribution in [2.75, 3.05) is 18.4 Å². The lowest BCUT2D eigenvalue weighted by Crippen LogP contribution is -2.48. The van der Waals surface area contributed by atoms with Gasteiger partial charge in [-0.1, -0.05) is 36.0 Å². The molecule has 1 fully saturated rings. The van der Waals surface area contributed by atoms with Crippen LogP contribution in [0.3, 0.4) is 0 Å². The molecule has 3 aromatic rings. The molecule has 2 aliphatic rings. The second-order valence-electron chi connectivity index (χ2n) is 7.98. The highest BCUT2D eigenvalue weighted by atomic mass is 35.5. The van der Waals surface area contributed by atoms with Gasteiger partial charge in [0.2, 0.25) is 0 Å². The van der Waals surface area contributed by atoms with Crippen molar-refractivity contribution in [1.29, 1.82) is 0 Å². The zero-order valence-electron chi connectivity index (χ0n) is 19.6. The third-order valence-corrected chi connectivity index (χ3v) is 7.23. The summed E-state index contributed by atoms with van der Waals surface area (Å²) < 4.78 is 6.20. The molecule has 2 aliphatic heterocycles. The molecule has 0 spiro atoms. The minimum absolute atomic E-state index is 0. The van der Waals surface area contributed by atoms with Crippen LogP contribution in [0.15, 0.2) is 88.1 Å². The molecule has 4 N–H and O–H groups in total. The summed E-state index contributed by atoms with van der Waals surface area (Å²) in [5, 5.41) is 7.26. The molecule has 0 bridgehead atoms. The van der Waals surface area contributed by atoms with Gasteiger partial charge in [-0.3, -0.25) is 5.01 Å². The normalized spacial score (nSPS) is 15.3. The van der Waals surface area contributed by atoms with Crippen LogP contribution < -0.4 is 20.6 Å². The summed E-state index contributed by atoms with van der Waals surface area (Å²) in [6, 6.07) is 17.3. The number of nitrogens with one attached hydrogen (secondary N) is 2. The molecule has 1 aromatic carbocycles. The Balaban J connectivity index is 0.00000190. The molecule has 1 saturated heterocycles. The Labute approximate surface area is 236 Å². The van der Waals surface area contributed by atoms with Crippen LogP contribution in [0.5, 0.6) is 11.5 Å². The summed E-state index contributed by atoms with van der Waals surface area (Å²) >= 11 is 3.00. The molecule has 2 aromatic heterocycles.